The molecule has 0 aromatic heterocycles. The lowest BCUT2D eigenvalue weighted by atomic mass is 9.79. The molecule has 1 amide bonds. The normalized spacial score (nSPS) is 36.7. The summed E-state index contributed by atoms with van der Waals surface area (Å²) >= 11 is 0. The summed E-state index contributed by atoms with van der Waals surface area (Å²) in [4.78, 5) is 12.3. The fourth-order valence-electron chi connectivity index (χ4n) is 5.38. The maximum Gasteiger partial charge on any atom is 0.224 e. The van der Waals surface area contributed by atoms with E-state index in [1.807, 2.05) is 24.3 Å². The van der Waals surface area contributed by atoms with Crippen molar-refractivity contribution in [1.29, 1.82) is 0 Å². The zero-order valence-electron chi connectivity index (χ0n) is 12.4. The topological polar surface area (TPSA) is 55.1 Å². The van der Waals surface area contributed by atoms with E-state index >= 15 is 0 Å². The van der Waals surface area contributed by atoms with Crippen LogP contribution < -0.4 is 11.1 Å². The second-order valence-corrected chi connectivity index (χ2v) is 7.25. The van der Waals surface area contributed by atoms with Crippen LogP contribution >= 0.6 is 0 Å². The maximum absolute atomic E-state index is 12.3. The highest BCUT2D eigenvalue weighted by molar-refractivity contribution is 5.79. The van der Waals surface area contributed by atoms with E-state index in [0.29, 0.717) is 12.5 Å². The number of rotatable bonds is 3. The van der Waals surface area contributed by atoms with Gasteiger partial charge >= 0.3 is 0 Å². The Hall–Kier alpha value is -1.51. The number of nitrogens with two attached hydrogens (primary N) is 1. The average Bonchev–Trinajstić information content (AvgIpc) is 3.09. The summed E-state index contributed by atoms with van der Waals surface area (Å²) in [5.41, 5.74) is 7.51. The molecule has 3 nitrogen and oxygen atoms in total. The largest absolute Gasteiger partial charge is 0.399 e. The molecule has 1 aromatic carbocycles. The lowest BCUT2D eigenvalue weighted by Crippen LogP contribution is -2.43. The van der Waals surface area contributed by atoms with Crippen molar-refractivity contribution >= 4 is 11.6 Å². The Morgan fingerprint density at radius 1 is 1.19 bits per heavy atom. The predicted octanol–water partition coefficient (Wildman–Crippen LogP) is 2.75. The van der Waals surface area contributed by atoms with Gasteiger partial charge in [0.25, 0.3) is 0 Å². The third kappa shape index (κ3) is 2.33. The summed E-state index contributed by atoms with van der Waals surface area (Å²) in [6.07, 6.45) is 7.27. The highest BCUT2D eigenvalue weighted by Gasteiger charge is 2.53. The molecule has 0 saturated heterocycles. The minimum atomic E-state index is 0.160. The van der Waals surface area contributed by atoms with Crippen molar-refractivity contribution in [3.05, 3.63) is 29.8 Å². The van der Waals surface area contributed by atoms with Crippen LogP contribution in [0.1, 0.15) is 37.7 Å². The van der Waals surface area contributed by atoms with Crippen molar-refractivity contribution in [2.24, 2.45) is 23.7 Å². The molecule has 3 fully saturated rings. The number of anilines is 1. The van der Waals surface area contributed by atoms with Crippen LogP contribution in [0.4, 0.5) is 5.69 Å². The molecular weight excluding hydrogens is 260 g/mol. The van der Waals surface area contributed by atoms with Crippen LogP contribution in [0.25, 0.3) is 0 Å². The maximum atomic E-state index is 12.3. The molecular formula is C18H24N2O. The van der Waals surface area contributed by atoms with Gasteiger partial charge < -0.3 is 11.1 Å². The molecule has 21 heavy (non-hydrogen) atoms. The Balaban J connectivity index is 1.37. The Kier molecular flexibility index (Phi) is 3.16. The molecule has 2 bridgehead atoms. The van der Waals surface area contributed by atoms with Crippen LogP contribution in [0.15, 0.2) is 24.3 Å². The summed E-state index contributed by atoms with van der Waals surface area (Å²) in [6, 6.07) is 8.08. The van der Waals surface area contributed by atoms with Gasteiger partial charge in [-0.3, -0.25) is 4.79 Å². The molecule has 3 heteroatoms. The van der Waals surface area contributed by atoms with E-state index in [4.69, 9.17) is 5.73 Å². The quantitative estimate of drug-likeness (QED) is 0.839. The molecule has 3 aliphatic rings. The molecule has 0 aliphatic heterocycles. The Bertz CT molecular complexity index is 556. The SMILES string of the molecule is Nc1cccc(CC(=O)N[C@@H]2C[C@H]3C[C@H]2[C@H]2CCC[C@H]32)c1. The highest BCUT2D eigenvalue weighted by Crippen LogP contribution is 2.58. The van der Waals surface area contributed by atoms with Gasteiger partial charge in [-0.1, -0.05) is 18.6 Å². The number of hydrogen-bond donors (Lipinski definition) is 2. The van der Waals surface area contributed by atoms with E-state index in [1.165, 1.54) is 32.1 Å². The third-order valence-electron chi connectivity index (χ3n) is 6.09. The molecule has 0 heterocycles. The summed E-state index contributed by atoms with van der Waals surface area (Å²) in [6.45, 7) is 0. The van der Waals surface area contributed by atoms with Crippen LogP contribution in [0.3, 0.4) is 0 Å². The third-order valence-corrected chi connectivity index (χ3v) is 6.09. The van der Waals surface area contributed by atoms with E-state index in [-0.39, 0.29) is 5.91 Å². The molecule has 3 saturated carbocycles. The number of fused-ring (bicyclic) bond motifs is 5. The lowest BCUT2D eigenvalue weighted by molar-refractivity contribution is -0.121. The van der Waals surface area contributed by atoms with Crippen molar-refractivity contribution in [2.75, 3.05) is 5.73 Å². The van der Waals surface area contributed by atoms with Gasteiger partial charge in [-0.25, -0.2) is 0 Å². The fourth-order valence-corrected chi connectivity index (χ4v) is 5.38. The van der Waals surface area contributed by atoms with E-state index < -0.39 is 0 Å². The highest BCUT2D eigenvalue weighted by atomic mass is 16.1. The molecule has 3 N–H and O–H groups in total. The van der Waals surface area contributed by atoms with E-state index in [2.05, 4.69) is 5.32 Å². The second-order valence-electron chi connectivity index (χ2n) is 7.25. The van der Waals surface area contributed by atoms with E-state index in [0.717, 1.165) is 34.9 Å². The van der Waals surface area contributed by atoms with Crippen molar-refractivity contribution in [1.82, 2.24) is 5.32 Å². The van der Waals surface area contributed by atoms with Crippen molar-refractivity contribution in [2.45, 2.75) is 44.6 Å². The number of amides is 1. The van der Waals surface area contributed by atoms with Crippen molar-refractivity contribution in [3.8, 4) is 0 Å². The van der Waals surface area contributed by atoms with Gasteiger partial charge in [0.1, 0.15) is 0 Å². The van der Waals surface area contributed by atoms with Gasteiger partial charge in [0.2, 0.25) is 5.91 Å². The first-order chi connectivity index (χ1) is 10.2. The molecule has 112 valence electrons. The fraction of sp³-hybridized carbons (Fsp3) is 0.611. The standard InChI is InChI=1S/C18H24N2O/c19-13-4-1-3-11(7-13)8-18(21)20-17-10-12-9-16(17)15-6-2-5-14(12)15/h1,3-4,7,12,14-17H,2,5-6,8-10,19H2,(H,20,21)/t12-,14-,15+,16+,17-/m1/s1. The predicted molar refractivity (Wildman–Crippen MR) is 83.5 cm³/mol. The number of nitrogen functional groups attached to an aromatic ring is 1. The molecule has 0 unspecified atom stereocenters. The van der Waals surface area contributed by atoms with Gasteiger partial charge in [-0.05, 0) is 67.1 Å². The van der Waals surface area contributed by atoms with Crippen LogP contribution in [0.5, 0.6) is 0 Å². The molecule has 3 aliphatic carbocycles. The Morgan fingerprint density at radius 3 is 2.90 bits per heavy atom. The van der Waals surface area contributed by atoms with E-state index in [1.54, 1.807) is 0 Å². The summed E-state index contributed by atoms with van der Waals surface area (Å²) in [5.74, 6) is 3.69. The number of hydrogen-bond acceptors (Lipinski definition) is 2. The van der Waals surface area contributed by atoms with Gasteiger partial charge in [-0.15, -0.1) is 0 Å². The van der Waals surface area contributed by atoms with Gasteiger partial charge in [0.15, 0.2) is 0 Å². The molecule has 0 radical (unpaired) electrons. The Morgan fingerprint density at radius 2 is 2.05 bits per heavy atom. The summed E-state index contributed by atoms with van der Waals surface area (Å²) in [7, 11) is 0. The van der Waals surface area contributed by atoms with Gasteiger partial charge in [0.05, 0.1) is 6.42 Å². The smallest absolute Gasteiger partial charge is 0.224 e. The van der Waals surface area contributed by atoms with E-state index in [9.17, 15) is 4.79 Å². The van der Waals surface area contributed by atoms with Crippen molar-refractivity contribution < 1.29 is 4.79 Å². The number of nitrogens with one attached hydrogen (secondary N) is 1. The number of benzene rings is 1. The van der Waals surface area contributed by atoms with Crippen LogP contribution in [-0.4, -0.2) is 11.9 Å². The molecule has 0 spiro atoms. The number of carbonyl (C=O) groups excluding carboxylic acids is 1. The van der Waals surface area contributed by atoms with Crippen LogP contribution in [-0.2, 0) is 11.2 Å². The molecule has 5 atom stereocenters. The average molecular weight is 284 g/mol. The number of carbonyl (C=O) groups is 1. The first-order valence-corrected chi connectivity index (χ1v) is 8.34. The van der Waals surface area contributed by atoms with Gasteiger partial charge in [0, 0.05) is 11.7 Å². The molecule has 4 rings (SSSR count). The first-order valence-electron chi connectivity index (χ1n) is 8.34. The summed E-state index contributed by atoms with van der Waals surface area (Å²) in [5, 5.41) is 3.31. The van der Waals surface area contributed by atoms with Crippen LogP contribution in [0, 0.1) is 23.7 Å². The molecule has 1 aromatic rings. The Labute approximate surface area is 126 Å². The van der Waals surface area contributed by atoms with Gasteiger partial charge in [-0.2, -0.15) is 0 Å². The first kappa shape index (κ1) is 13.2. The second kappa shape index (κ2) is 5.04. The minimum absolute atomic E-state index is 0.160. The monoisotopic (exact) mass is 284 g/mol. The van der Waals surface area contributed by atoms with Crippen molar-refractivity contribution in [3.63, 3.8) is 0 Å². The summed E-state index contributed by atoms with van der Waals surface area (Å²) < 4.78 is 0. The zero-order valence-corrected chi connectivity index (χ0v) is 12.4. The van der Waals surface area contributed by atoms with Crippen LogP contribution in [0.2, 0.25) is 0 Å². The zero-order chi connectivity index (χ0) is 14.4. The minimum Gasteiger partial charge on any atom is -0.399 e. The lowest BCUT2D eigenvalue weighted by Gasteiger charge is -2.32.